The average Bonchev–Trinajstić information content (AvgIpc) is 2.75. The van der Waals surface area contributed by atoms with Crippen LogP contribution in [0.4, 0.5) is 14.7 Å². The second-order valence-corrected chi connectivity index (χ2v) is 6.28. The van der Waals surface area contributed by atoms with Crippen LogP contribution in [0, 0.1) is 0 Å². The van der Waals surface area contributed by atoms with E-state index in [0.717, 1.165) is 26.2 Å². The molecule has 2 aromatic rings. The summed E-state index contributed by atoms with van der Waals surface area (Å²) in [6.07, 6.45) is 3.45. The van der Waals surface area contributed by atoms with Gasteiger partial charge in [0.05, 0.1) is 7.11 Å². The van der Waals surface area contributed by atoms with Gasteiger partial charge in [0.2, 0.25) is 5.95 Å². The van der Waals surface area contributed by atoms with Crippen LogP contribution in [-0.4, -0.2) is 67.8 Å². The highest BCUT2D eigenvalue weighted by atomic mass is 127. The number of piperazine rings is 1. The van der Waals surface area contributed by atoms with Gasteiger partial charge in [-0.25, -0.2) is 9.97 Å². The predicted octanol–water partition coefficient (Wildman–Crippen LogP) is 2.60. The minimum Gasteiger partial charge on any atom is -0.497 e. The van der Waals surface area contributed by atoms with Crippen LogP contribution in [0.15, 0.2) is 41.7 Å². The second-order valence-electron chi connectivity index (χ2n) is 6.28. The third-order valence-electron chi connectivity index (χ3n) is 4.55. The van der Waals surface area contributed by atoms with E-state index in [0.29, 0.717) is 29.8 Å². The molecule has 0 amide bonds. The zero-order valence-electron chi connectivity index (χ0n) is 16.8. The molecule has 8 nitrogen and oxygen atoms in total. The van der Waals surface area contributed by atoms with E-state index in [2.05, 4.69) is 34.8 Å². The Morgan fingerprint density at radius 2 is 1.90 bits per heavy atom. The highest BCUT2D eigenvalue weighted by Crippen LogP contribution is 2.26. The van der Waals surface area contributed by atoms with Crippen LogP contribution in [0.25, 0.3) is 0 Å². The van der Waals surface area contributed by atoms with Crippen molar-refractivity contribution in [2.24, 2.45) is 4.99 Å². The van der Waals surface area contributed by atoms with Crippen LogP contribution in [0.2, 0.25) is 0 Å². The summed E-state index contributed by atoms with van der Waals surface area (Å²) in [4.78, 5) is 17.1. The van der Waals surface area contributed by atoms with Gasteiger partial charge in [-0.2, -0.15) is 8.78 Å². The number of hydrogen-bond donors (Lipinski definition) is 1. The number of guanidine groups is 1. The van der Waals surface area contributed by atoms with Gasteiger partial charge in [0.15, 0.2) is 5.96 Å². The first kappa shape index (κ1) is 23.8. The molecule has 0 unspecified atom stereocenters. The third kappa shape index (κ3) is 6.28. The van der Waals surface area contributed by atoms with Gasteiger partial charge in [-0.3, -0.25) is 4.99 Å². The fraction of sp³-hybridized carbons (Fsp3) is 0.421. The zero-order valence-corrected chi connectivity index (χ0v) is 19.1. The van der Waals surface area contributed by atoms with E-state index >= 15 is 0 Å². The summed E-state index contributed by atoms with van der Waals surface area (Å²) in [5.41, 5.74) is 0.587. The lowest BCUT2D eigenvalue weighted by atomic mass is 10.2. The monoisotopic (exact) mass is 534 g/mol. The van der Waals surface area contributed by atoms with E-state index in [9.17, 15) is 8.78 Å². The Labute approximate surface area is 191 Å². The summed E-state index contributed by atoms with van der Waals surface area (Å²) in [6.45, 7) is 0.371. The highest BCUT2D eigenvalue weighted by Gasteiger charge is 2.21. The topological polar surface area (TPSA) is 75.1 Å². The Bertz CT molecular complexity index is 820. The van der Waals surface area contributed by atoms with Crippen molar-refractivity contribution in [3.63, 3.8) is 0 Å². The number of alkyl halides is 2. The van der Waals surface area contributed by atoms with Crippen LogP contribution >= 0.6 is 24.0 Å². The molecule has 1 aliphatic heterocycles. The molecule has 1 aromatic heterocycles. The Kier molecular flexibility index (Phi) is 9.27. The first-order chi connectivity index (χ1) is 14.1. The van der Waals surface area contributed by atoms with Gasteiger partial charge in [0.25, 0.3) is 0 Å². The largest absolute Gasteiger partial charge is 0.497 e. The number of benzene rings is 1. The fourth-order valence-corrected chi connectivity index (χ4v) is 3.09. The Balaban J connectivity index is 0.00000320. The molecule has 0 aliphatic carbocycles. The van der Waals surface area contributed by atoms with E-state index in [1.54, 1.807) is 37.6 Å². The SMILES string of the molecule is CN=C(NCc1ccc(OC)cc1OC(F)F)N1CCN(c2ncccn2)CC1.I. The fourth-order valence-electron chi connectivity index (χ4n) is 3.09. The number of methoxy groups -OCH3 is 1. The maximum atomic E-state index is 12.7. The number of nitrogens with zero attached hydrogens (tertiary/aromatic N) is 5. The molecule has 3 rings (SSSR count). The number of aromatic nitrogens is 2. The molecule has 1 aliphatic rings. The lowest BCUT2D eigenvalue weighted by Crippen LogP contribution is -2.52. The number of rotatable bonds is 6. The predicted molar refractivity (Wildman–Crippen MR) is 121 cm³/mol. The lowest BCUT2D eigenvalue weighted by Gasteiger charge is -2.36. The molecular weight excluding hydrogens is 509 g/mol. The van der Waals surface area contributed by atoms with Crippen molar-refractivity contribution >= 4 is 35.9 Å². The quantitative estimate of drug-likeness (QED) is 0.347. The van der Waals surface area contributed by atoms with Crippen LogP contribution in [0.1, 0.15) is 5.56 Å². The van der Waals surface area contributed by atoms with Crippen molar-refractivity contribution < 1.29 is 18.3 Å². The Morgan fingerprint density at radius 3 is 2.50 bits per heavy atom. The summed E-state index contributed by atoms with van der Waals surface area (Å²) in [7, 11) is 3.17. The smallest absolute Gasteiger partial charge is 0.387 e. The molecule has 0 spiro atoms. The molecule has 0 bridgehead atoms. The zero-order chi connectivity index (χ0) is 20.6. The maximum absolute atomic E-state index is 12.7. The molecule has 0 radical (unpaired) electrons. The summed E-state index contributed by atoms with van der Waals surface area (Å²) in [5.74, 6) is 1.93. The van der Waals surface area contributed by atoms with Crippen molar-refractivity contribution in [3.8, 4) is 11.5 Å². The summed E-state index contributed by atoms with van der Waals surface area (Å²) in [6, 6.07) is 6.64. The highest BCUT2D eigenvalue weighted by molar-refractivity contribution is 14.0. The molecule has 1 saturated heterocycles. The number of anilines is 1. The second kappa shape index (κ2) is 11.7. The van der Waals surface area contributed by atoms with Crippen molar-refractivity contribution in [1.29, 1.82) is 0 Å². The van der Waals surface area contributed by atoms with E-state index in [1.165, 1.54) is 13.2 Å². The van der Waals surface area contributed by atoms with E-state index < -0.39 is 6.61 Å². The van der Waals surface area contributed by atoms with Gasteiger partial charge < -0.3 is 24.6 Å². The summed E-state index contributed by atoms with van der Waals surface area (Å²) >= 11 is 0. The van der Waals surface area contributed by atoms with Gasteiger partial charge in [0, 0.05) is 63.8 Å². The molecule has 1 N–H and O–H groups in total. The molecule has 164 valence electrons. The molecule has 1 fully saturated rings. The number of aliphatic imine (C=N–C) groups is 1. The number of halogens is 3. The van der Waals surface area contributed by atoms with Crippen LogP contribution in [0.3, 0.4) is 0 Å². The number of hydrogen-bond acceptors (Lipinski definition) is 6. The van der Waals surface area contributed by atoms with Crippen molar-refractivity contribution in [2.75, 3.05) is 45.2 Å². The van der Waals surface area contributed by atoms with Crippen molar-refractivity contribution in [3.05, 3.63) is 42.2 Å². The Hall–Kier alpha value is -2.44. The third-order valence-corrected chi connectivity index (χ3v) is 4.55. The average molecular weight is 534 g/mol. The summed E-state index contributed by atoms with van der Waals surface area (Å²) < 4.78 is 35.2. The first-order valence-electron chi connectivity index (χ1n) is 9.20. The normalized spacial score (nSPS) is 14.4. The molecule has 11 heteroatoms. The molecule has 1 aromatic carbocycles. The first-order valence-corrected chi connectivity index (χ1v) is 9.20. The maximum Gasteiger partial charge on any atom is 0.387 e. The van der Waals surface area contributed by atoms with E-state index in [1.807, 2.05) is 0 Å². The molecular formula is C19H25F2IN6O2. The van der Waals surface area contributed by atoms with E-state index in [-0.39, 0.29) is 29.7 Å². The molecule has 0 saturated carbocycles. The van der Waals surface area contributed by atoms with Gasteiger partial charge >= 0.3 is 6.61 Å². The van der Waals surface area contributed by atoms with Crippen LogP contribution in [-0.2, 0) is 6.54 Å². The summed E-state index contributed by atoms with van der Waals surface area (Å²) in [5, 5.41) is 3.22. The minimum absolute atomic E-state index is 0. The molecule has 2 heterocycles. The van der Waals surface area contributed by atoms with Gasteiger partial charge in [0.1, 0.15) is 11.5 Å². The van der Waals surface area contributed by atoms with Crippen molar-refractivity contribution in [1.82, 2.24) is 20.2 Å². The van der Waals surface area contributed by atoms with Gasteiger partial charge in [-0.15, -0.1) is 24.0 Å². The number of ether oxygens (including phenoxy) is 2. The van der Waals surface area contributed by atoms with Gasteiger partial charge in [-0.1, -0.05) is 0 Å². The standard InChI is InChI=1S/C19H24F2N6O2.HI/c1-22-18(26-8-10-27(11-9-26)19-23-6-3-7-24-19)25-13-14-4-5-15(28-2)12-16(14)29-17(20)21;/h3-7,12,17H,8-11,13H2,1-2H3,(H,22,25);1H. The Morgan fingerprint density at radius 1 is 1.20 bits per heavy atom. The minimum atomic E-state index is -2.91. The van der Waals surface area contributed by atoms with Gasteiger partial charge in [-0.05, 0) is 18.2 Å². The van der Waals surface area contributed by atoms with E-state index in [4.69, 9.17) is 4.74 Å². The van der Waals surface area contributed by atoms with Crippen LogP contribution in [0.5, 0.6) is 11.5 Å². The molecule has 30 heavy (non-hydrogen) atoms. The van der Waals surface area contributed by atoms with Crippen molar-refractivity contribution in [2.45, 2.75) is 13.2 Å². The number of nitrogens with one attached hydrogen (secondary N) is 1. The lowest BCUT2D eigenvalue weighted by molar-refractivity contribution is -0.0505. The van der Waals surface area contributed by atoms with Crippen LogP contribution < -0.4 is 19.7 Å². The molecule has 0 atom stereocenters.